The van der Waals surface area contributed by atoms with Crippen molar-refractivity contribution in [2.24, 2.45) is 0 Å². The van der Waals surface area contributed by atoms with Gasteiger partial charge in [-0.3, -0.25) is 4.79 Å². The number of carbonyl (C=O) groups is 2. The van der Waals surface area contributed by atoms with Crippen molar-refractivity contribution >= 4 is 17.6 Å². The van der Waals surface area contributed by atoms with Crippen molar-refractivity contribution in [2.45, 2.75) is 46.2 Å². The fourth-order valence-electron chi connectivity index (χ4n) is 1.86. The first kappa shape index (κ1) is 17.8. The topological polar surface area (TPSA) is 79.5 Å². The molecule has 1 aromatic carbocycles. The van der Waals surface area contributed by atoms with Crippen molar-refractivity contribution in [2.75, 3.05) is 12.4 Å². The summed E-state index contributed by atoms with van der Waals surface area (Å²) < 4.78 is 5.17. The molecule has 1 rings (SSSR count). The summed E-state index contributed by atoms with van der Waals surface area (Å²) in [4.78, 5) is 23.8. The molecule has 0 aliphatic rings. The Kier molecular flexibility index (Phi) is 5.79. The molecule has 6 nitrogen and oxygen atoms in total. The number of amides is 3. The first-order valence-corrected chi connectivity index (χ1v) is 7.16. The van der Waals surface area contributed by atoms with Gasteiger partial charge >= 0.3 is 6.03 Å². The average molecular weight is 307 g/mol. The highest BCUT2D eigenvalue weighted by molar-refractivity contribution is 5.93. The van der Waals surface area contributed by atoms with Crippen LogP contribution in [0.1, 0.15) is 33.3 Å². The molecule has 0 bridgehead atoms. The average Bonchev–Trinajstić information content (AvgIpc) is 2.36. The van der Waals surface area contributed by atoms with Gasteiger partial charge in [0, 0.05) is 11.2 Å². The number of aryl methyl sites for hydroxylation is 1. The minimum Gasteiger partial charge on any atom is -0.496 e. The molecule has 1 atom stereocenters. The zero-order chi connectivity index (χ0) is 16.9. The molecule has 0 aromatic heterocycles. The molecule has 0 aliphatic heterocycles. The summed E-state index contributed by atoms with van der Waals surface area (Å²) in [5, 5.41) is 8.12. The maximum Gasteiger partial charge on any atom is 0.319 e. The van der Waals surface area contributed by atoms with Crippen LogP contribution < -0.4 is 20.7 Å². The quantitative estimate of drug-likeness (QED) is 0.799. The summed E-state index contributed by atoms with van der Waals surface area (Å²) in [7, 11) is 1.59. The SMILES string of the molecule is COc1ccc(NC(=O)N[C@H](C)C(=O)NC(C)(C)C)cc1C. The van der Waals surface area contributed by atoms with E-state index < -0.39 is 12.1 Å². The molecular weight excluding hydrogens is 282 g/mol. The number of urea groups is 1. The monoisotopic (exact) mass is 307 g/mol. The molecule has 22 heavy (non-hydrogen) atoms. The molecule has 6 heteroatoms. The van der Waals surface area contributed by atoms with E-state index in [0.717, 1.165) is 11.3 Å². The molecule has 3 N–H and O–H groups in total. The number of anilines is 1. The number of hydrogen-bond acceptors (Lipinski definition) is 3. The van der Waals surface area contributed by atoms with Gasteiger partial charge in [0.15, 0.2) is 0 Å². The second-order valence-corrected chi connectivity index (χ2v) is 6.24. The maximum absolute atomic E-state index is 11.9. The van der Waals surface area contributed by atoms with Gasteiger partial charge in [0.05, 0.1) is 7.11 Å². The fraction of sp³-hybridized carbons (Fsp3) is 0.500. The summed E-state index contributed by atoms with van der Waals surface area (Å²) in [5.74, 6) is 0.525. The van der Waals surface area contributed by atoms with Crippen LogP contribution in [0.4, 0.5) is 10.5 Å². The van der Waals surface area contributed by atoms with E-state index in [1.165, 1.54) is 0 Å². The molecule has 0 fully saturated rings. The lowest BCUT2D eigenvalue weighted by Gasteiger charge is -2.23. The van der Waals surface area contributed by atoms with Crippen LogP contribution in [0, 0.1) is 6.92 Å². The van der Waals surface area contributed by atoms with Crippen molar-refractivity contribution in [3.63, 3.8) is 0 Å². The standard InChI is InChI=1S/C16H25N3O3/c1-10-9-12(7-8-13(10)22-6)18-15(21)17-11(2)14(20)19-16(3,4)5/h7-9,11H,1-6H3,(H,19,20)(H2,17,18,21)/t11-/m1/s1. The molecule has 0 heterocycles. The number of nitrogens with one attached hydrogen (secondary N) is 3. The third-order valence-electron chi connectivity index (χ3n) is 2.89. The summed E-state index contributed by atoms with van der Waals surface area (Å²) in [6.07, 6.45) is 0. The van der Waals surface area contributed by atoms with Gasteiger partial charge in [-0.15, -0.1) is 0 Å². The van der Waals surface area contributed by atoms with Crippen LogP contribution in [0.2, 0.25) is 0 Å². The van der Waals surface area contributed by atoms with Crippen molar-refractivity contribution < 1.29 is 14.3 Å². The predicted octanol–water partition coefficient (Wildman–Crippen LogP) is 2.43. The van der Waals surface area contributed by atoms with E-state index in [-0.39, 0.29) is 11.4 Å². The van der Waals surface area contributed by atoms with Crippen molar-refractivity contribution in [1.82, 2.24) is 10.6 Å². The number of carbonyl (C=O) groups excluding carboxylic acids is 2. The Hall–Kier alpha value is -2.24. The predicted molar refractivity (Wildman–Crippen MR) is 87.2 cm³/mol. The van der Waals surface area contributed by atoms with Crippen molar-refractivity contribution in [3.05, 3.63) is 23.8 Å². The lowest BCUT2D eigenvalue weighted by atomic mass is 10.1. The third kappa shape index (κ3) is 5.63. The van der Waals surface area contributed by atoms with Crippen LogP contribution >= 0.6 is 0 Å². The van der Waals surface area contributed by atoms with Crippen LogP contribution in [0.3, 0.4) is 0 Å². The van der Waals surface area contributed by atoms with Crippen LogP contribution in [-0.4, -0.2) is 30.6 Å². The van der Waals surface area contributed by atoms with Crippen LogP contribution in [-0.2, 0) is 4.79 Å². The highest BCUT2D eigenvalue weighted by Gasteiger charge is 2.20. The highest BCUT2D eigenvalue weighted by atomic mass is 16.5. The van der Waals surface area contributed by atoms with Gasteiger partial charge in [-0.05, 0) is 58.4 Å². The van der Waals surface area contributed by atoms with Gasteiger partial charge in [0.25, 0.3) is 0 Å². The Morgan fingerprint density at radius 2 is 1.86 bits per heavy atom. The number of benzene rings is 1. The minimum atomic E-state index is -0.626. The number of methoxy groups -OCH3 is 1. The maximum atomic E-state index is 11.9. The van der Waals surface area contributed by atoms with Crippen LogP contribution in [0.15, 0.2) is 18.2 Å². The lowest BCUT2D eigenvalue weighted by molar-refractivity contribution is -0.123. The number of rotatable bonds is 4. The molecule has 0 aliphatic carbocycles. The Labute approximate surface area is 131 Å². The van der Waals surface area contributed by atoms with E-state index in [4.69, 9.17) is 4.74 Å². The number of hydrogen-bond donors (Lipinski definition) is 3. The summed E-state index contributed by atoms with van der Waals surface area (Å²) >= 11 is 0. The molecule has 0 saturated carbocycles. The summed E-state index contributed by atoms with van der Waals surface area (Å²) in [5.41, 5.74) is 1.22. The van der Waals surface area contributed by atoms with Gasteiger partial charge in [0.2, 0.25) is 5.91 Å². The molecule has 1 aromatic rings. The first-order chi connectivity index (χ1) is 10.1. The Balaban J connectivity index is 2.59. The minimum absolute atomic E-state index is 0.228. The molecule has 0 unspecified atom stereocenters. The Bertz CT molecular complexity index is 550. The summed E-state index contributed by atoms with van der Waals surface area (Å²) in [6, 6.07) is 4.27. The second-order valence-electron chi connectivity index (χ2n) is 6.24. The largest absolute Gasteiger partial charge is 0.496 e. The molecule has 0 radical (unpaired) electrons. The van der Waals surface area contributed by atoms with E-state index in [9.17, 15) is 9.59 Å². The zero-order valence-electron chi connectivity index (χ0n) is 14.0. The van der Waals surface area contributed by atoms with Crippen molar-refractivity contribution in [3.8, 4) is 5.75 Å². The Morgan fingerprint density at radius 1 is 1.23 bits per heavy atom. The second kappa shape index (κ2) is 7.15. The summed E-state index contributed by atoms with van der Waals surface area (Å²) in [6.45, 7) is 9.19. The lowest BCUT2D eigenvalue weighted by Crippen LogP contribution is -2.51. The van der Waals surface area contributed by atoms with Gasteiger partial charge in [-0.25, -0.2) is 4.79 Å². The van der Waals surface area contributed by atoms with Crippen LogP contribution in [0.25, 0.3) is 0 Å². The van der Waals surface area contributed by atoms with Gasteiger partial charge in [0.1, 0.15) is 11.8 Å². The van der Waals surface area contributed by atoms with Crippen LogP contribution in [0.5, 0.6) is 5.75 Å². The van der Waals surface area contributed by atoms with Gasteiger partial charge in [-0.1, -0.05) is 0 Å². The van der Waals surface area contributed by atoms with E-state index in [2.05, 4.69) is 16.0 Å². The smallest absolute Gasteiger partial charge is 0.319 e. The fourth-order valence-corrected chi connectivity index (χ4v) is 1.86. The molecule has 0 saturated heterocycles. The molecule has 0 spiro atoms. The van der Waals surface area contributed by atoms with E-state index >= 15 is 0 Å². The van der Waals surface area contributed by atoms with E-state index in [1.54, 1.807) is 32.2 Å². The zero-order valence-corrected chi connectivity index (χ0v) is 14.0. The Morgan fingerprint density at radius 3 is 2.36 bits per heavy atom. The first-order valence-electron chi connectivity index (χ1n) is 7.16. The molecular formula is C16H25N3O3. The third-order valence-corrected chi connectivity index (χ3v) is 2.89. The van der Waals surface area contributed by atoms with Crippen molar-refractivity contribution in [1.29, 1.82) is 0 Å². The highest BCUT2D eigenvalue weighted by Crippen LogP contribution is 2.21. The normalized spacial score (nSPS) is 12.3. The molecule has 122 valence electrons. The van der Waals surface area contributed by atoms with Gasteiger partial charge < -0.3 is 20.7 Å². The molecule has 3 amide bonds. The van der Waals surface area contributed by atoms with E-state index in [0.29, 0.717) is 5.69 Å². The van der Waals surface area contributed by atoms with Gasteiger partial charge in [-0.2, -0.15) is 0 Å². The number of ether oxygens (including phenoxy) is 1. The van der Waals surface area contributed by atoms with E-state index in [1.807, 2.05) is 27.7 Å².